The first-order valence-corrected chi connectivity index (χ1v) is 3.33. The van der Waals surface area contributed by atoms with Crippen LogP contribution in [-0.2, 0) is 0 Å². The predicted octanol–water partition coefficient (Wildman–Crippen LogP) is 0.152. The molecule has 0 aromatic carbocycles. The third-order valence-electron chi connectivity index (χ3n) is 2.26. The monoisotopic (exact) mass is 126 g/mol. The van der Waals surface area contributed by atoms with E-state index in [1.165, 1.54) is 13.0 Å². The Bertz CT molecular complexity index is 155. The summed E-state index contributed by atoms with van der Waals surface area (Å²) < 4.78 is 0. The summed E-state index contributed by atoms with van der Waals surface area (Å²) in [5.41, 5.74) is 0.987. The largest absolute Gasteiger partial charge is 0.411 e. The fourth-order valence-corrected chi connectivity index (χ4v) is 1.72. The van der Waals surface area contributed by atoms with Crippen LogP contribution in [0, 0.1) is 5.92 Å². The van der Waals surface area contributed by atoms with Crippen LogP contribution in [0.1, 0.15) is 6.42 Å². The Labute approximate surface area is 54.0 Å². The standard InChI is InChI=1S/C6H10N2O/c9-7-6-4-8-2-1-5(6)3-8/h5,9H,1-4H2/b7-6-. The van der Waals surface area contributed by atoms with Gasteiger partial charge in [0.25, 0.3) is 0 Å². The second kappa shape index (κ2) is 1.70. The molecule has 2 atom stereocenters. The average molecular weight is 126 g/mol. The third-order valence-corrected chi connectivity index (χ3v) is 2.26. The van der Waals surface area contributed by atoms with Crippen LogP contribution in [-0.4, -0.2) is 35.5 Å². The van der Waals surface area contributed by atoms with Gasteiger partial charge in [-0.05, 0) is 13.0 Å². The Morgan fingerprint density at radius 3 is 2.89 bits per heavy atom. The molecule has 0 radical (unpaired) electrons. The zero-order valence-corrected chi connectivity index (χ0v) is 5.25. The first-order chi connectivity index (χ1) is 4.40. The van der Waals surface area contributed by atoms with Gasteiger partial charge in [-0.2, -0.15) is 0 Å². The van der Waals surface area contributed by atoms with E-state index in [1.54, 1.807) is 0 Å². The second-order valence-electron chi connectivity index (χ2n) is 2.81. The highest BCUT2D eigenvalue weighted by Gasteiger charge is 2.34. The smallest absolute Gasteiger partial charge is 0.0754 e. The Morgan fingerprint density at radius 2 is 2.56 bits per heavy atom. The van der Waals surface area contributed by atoms with Crippen LogP contribution in [0.2, 0.25) is 0 Å². The van der Waals surface area contributed by atoms with Crippen molar-refractivity contribution < 1.29 is 5.21 Å². The number of hydrogen-bond donors (Lipinski definition) is 1. The Morgan fingerprint density at radius 1 is 1.67 bits per heavy atom. The lowest BCUT2D eigenvalue weighted by atomic mass is 10.0. The van der Waals surface area contributed by atoms with Crippen LogP contribution < -0.4 is 0 Å². The number of rotatable bonds is 0. The van der Waals surface area contributed by atoms with Gasteiger partial charge >= 0.3 is 0 Å². The number of fused-ring (bicyclic) bond motifs is 2. The van der Waals surface area contributed by atoms with E-state index in [0.717, 1.165) is 18.8 Å². The first kappa shape index (κ1) is 5.23. The highest BCUT2D eigenvalue weighted by molar-refractivity contribution is 5.90. The van der Waals surface area contributed by atoms with E-state index in [-0.39, 0.29) is 0 Å². The third kappa shape index (κ3) is 0.645. The summed E-state index contributed by atoms with van der Waals surface area (Å²) >= 11 is 0. The number of oxime groups is 1. The molecule has 3 heteroatoms. The van der Waals surface area contributed by atoms with Gasteiger partial charge in [0.05, 0.1) is 5.71 Å². The molecule has 50 valence electrons. The molecule has 0 aromatic heterocycles. The van der Waals surface area contributed by atoms with Crippen LogP contribution in [0.15, 0.2) is 5.16 Å². The molecule has 2 rings (SSSR count). The topological polar surface area (TPSA) is 35.8 Å². The minimum absolute atomic E-state index is 0.579. The fraction of sp³-hybridized carbons (Fsp3) is 0.833. The molecule has 9 heavy (non-hydrogen) atoms. The van der Waals surface area contributed by atoms with E-state index in [4.69, 9.17) is 5.21 Å². The van der Waals surface area contributed by atoms with Crippen molar-refractivity contribution >= 4 is 5.71 Å². The van der Waals surface area contributed by atoms with Gasteiger partial charge in [-0.25, -0.2) is 0 Å². The van der Waals surface area contributed by atoms with Crippen molar-refractivity contribution in [3.8, 4) is 0 Å². The Kier molecular flexibility index (Phi) is 0.990. The summed E-state index contributed by atoms with van der Waals surface area (Å²) in [6, 6.07) is 0. The van der Waals surface area contributed by atoms with Gasteiger partial charge in [0.15, 0.2) is 0 Å². The number of piperidine rings is 1. The lowest BCUT2D eigenvalue weighted by molar-refractivity contribution is 0.312. The van der Waals surface area contributed by atoms with Gasteiger partial charge in [-0.15, -0.1) is 0 Å². The molecule has 0 aromatic rings. The van der Waals surface area contributed by atoms with E-state index >= 15 is 0 Å². The molecule has 3 nitrogen and oxygen atoms in total. The number of hydrogen-bond acceptors (Lipinski definition) is 3. The normalized spacial score (nSPS) is 44.7. The summed E-state index contributed by atoms with van der Waals surface area (Å²) in [7, 11) is 0. The van der Waals surface area contributed by atoms with Crippen LogP contribution >= 0.6 is 0 Å². The Hall–Kier alpha value is -0.570. The van der Waals surface area contributed by atoms with Crippen molar-refractivity contribution in [2.24, 2.45) is 11.1 Å². The minimum Gasteiger partial charge on any atom is -0.411 e. The van der Waals surface area contributed by atoms with E-state index in [1.807, 2.05) is 0 Å². The molecular formula is C6H10N2O. The summed E-state index contributed by atoms with van der Waals surface area (Å²) in [5.74, 6) is 0.579. The maximum atomic E-state index is 8.45. The summed E-state index contributed by atoms with van der Waals surface area (Å²) in [6.45, 7) is 3.23. The van der Waals surface area contributed by atoms with Crippen molar-refractivity contribution in [2.45, 2.75) is 6.42 Å². The maximum absolute atomic E-state index is 8.45. The van der Waals surface area contributed by atoms with Crippen LogP contribution in [0.4, 0.5) is 0 Å². The van der Waals surface area contributed by atoms with Crippen molar-refractivity contribution in [1.29, 1.82) is 0 Å². The highest BCUT2D eigenvalue weighted by atomic mass is 16.4. The van der Waals surface area contributed by atoms with Crippen molar-refractivity contribution in [1.82, 2.24) is 4.90 Å². The SMILES string of the molecule is O/N=C1/CN2CCC1C2. The van der Waals surface area contributed by atoms with Crippen LogP contribution in [0.25, 0.3) is 0 Å². The van der Waals surface area contributed by atoms with Crippen LogP contribution in [0.5, 0.6) is 0 Å². The molecule has 2 heterocycles. The molecule has 2 aliphatic heterocycles. The van der Waals surface area contributed by atoms with Gasteiger partial charge < -0.3 is 5.21 Å². The average Bonchev–Trinajstić information content (AvgIpc) is 2.45. The molecule has 2 bridgehead atoms. The molecule has 1 N–H and O–H groups in total. The van der Waals surface area contributed by atoms with Crippen molar-refractivity contribution in [3.05, 3.63) is 0 Å². The molecule has 2 aliphatic rings. The summed E-state index contributed by atoms with van der Waals surface area (Å²) in [6.07, 6.45) is 1.19. The minimum atomic E-state index is 0.579. The lowest BCUT2D eigenvalue weighted by Gasteiger charge is -2.10. The molecule has 2 fully saturated rings. The number of nitrogens with zero attached hydrogens (tertiary/aromatic N) is 2. The highest BCUT2D eigenvalue weighted by Crippen LogP contribution is 2.24. The summed E-state index contributed by atoms with van der Waals surface area (Å²) in [4.78, 5) is 2.32. The molecule has 0 amide bonds. The van der Waals surface area contributed by atoms with Gasteiger partial charge in [0.2, 0.25) is 0 Å². The van der Waals surface area contributed by atoms with E-state index in [9.17, 15) is 0 Å². The quantitative estimate of drug-likeness (QED) is 0.370. The molecule has 0 saturated carbocycles. The van der Waals surface area contributed by atoms with Crippen LogP contribution in [0.3, 0.4) is 0 Å². The second-order valence-corrected chi connectivity index (χ2v) is 2.81. The van der Waals surface area contributed by atoms with Gasteiger partial charge in [0.1, 0.15) is 0 Å². The van der Waals surface area contributed by atoms with Gasteiger partial charge in [0, 0.05) is 19.0 Å². The zero-order valence-electron chi connectivity index (χ0n) is 5.25. The van der Waals surface area contributed by atoms with Crippen molar-refractivity contribution in [3.63, 3.8) is 0 Å². The summed E-state index contributed by atoms with van der Waals surface area (Å²) in [5, 5.41) is 11.7. The molecule has 0 spiro atoms. The van der Waals surface area contributed by atoms with E-state index < -0.39 is 0 Å². The molecular weight excluding hydrogens is 116 g/mol. The van der Waals surface area contributed by atoms with Gasteiger partial charge in [-0.1, -0.05) is 5.16 Å². The fourth-order valence-electron chi connectivity index (χ4n) is 1.72. The van der Waals surface area contributed by atoms with Gasteiger partial charge in [-0.3, -0.25) is 4.90 Å². The lowest BCUT2D eigenvalue weighted by Crippen LogP contribution is -2.23. The first-order valence-electron chi connectivity index (χ1n) is 3.33. The predicted molar refractivity (Wildman–Crippen MR) is 33.8 cm³/mol. The van der Waals surface area contributed by atoms with E-state index in [0.29, 0.717) is 5.92 Å². The zero-order chi connectivity index (χ0) is 6.27. The van der Waals surface area contributed by atoms with E-state index in [2.05, 4.69) is 10.1 Å². The Balaban J connectivity index is 2.18. The molecule has 2 saturated heterocycles. The molecule has 0 aliphatic carbocycles. The molecule has 2 unspecified atom stereocenters. The van der Waals surface area contributed by atoms with Crippen molar-refractivity contribution in [2.75, 3.05) is 19.6 Å². The maximum Gasteiger partial charge on any atom is 0.0754 e.